The fourth-order valence-electron chi connectivity index (χ4n) is 1.58. The average Bonchev–Trinajstić information content (AvgIpc) is 2.22. The molecule has 0 saturated carbocycles. The van der Waals surface area contributed by atoms with Crippen LogP contribution in [0.25, 0.3) is 11.1 Å². The quantitative estimate of drug-likeness (QED) is 0.666. The van der Waals surface area contributed by atoms with Gasteiger partial charge in [-0.1, -0.05) is 35.9 Å². The number of halogens is 2. The molecule has 0 aliphatic carbocycles. The van der Waals surface area contributed by atoms with Crippen LogP contribution in [-0.4, -0.2) is 0 Å². The first-order valence-electron chi connectivity index (χ1n) is 4.69. The Kier molecular flexibility index (Phi) is 2.74. The predicted molar refractivity (Wildman–Crippen MR) is 61.6 cm³/mol. The SMILES string of the molecule is Cc1c(Cl)cccc1-c1cccc(F)c1. The van der Waals surface area contributed by atoms with E-state index in [-0.39, 0.29) is 5.82 Å². The minimum atomic E-state index is -0.230. The maximum absolute atomic E-state index is 13.1. The molecular formula is C13H10ClF. The Morgan fingerprint density at radius 2 is 1.80 bits per heavy atom. The summed E-state index contributed by atoms with van der Waals surface area (Å²) in [6.45, 7) is 1.93. The summed E-state index contributed by atoms with van der Waals surface area (Å²) >= 11 is 6.01. The van der Waals surface area contributed by atoms with Crippen molar-refractivity contribution in [2.45, 2.75) is 6.92 Å². The molecule has 0 radical (unpaired) electrons. The second kappa shape index (κ2) is 4.03. The smallest absolute Gasteiger partial charge is 0.123 e. The summed E-state index contributed by atoms with van der Waals surface area (Å²) in [7, 11) is 0. The average molecular weight is 221 g/mol. The van der Waals surface area contributed by atoms with Gasteiger partial charge in [0.2, 0.25) is 0 Å². The van der Waals surface area contributed by atoms with Crippen LogP contribution in [0.3, 0.4) is 0 Å². The summed E-state index contributed by atoms with van der Waals surface area (Å²) in [4.78, 5) is 0. The Morgan fingerprint density at radius 3 is 2.53 bits per heavy atom. The largest absolute Gasteiger partial charge is 0.207 e. The zero-order valence-electron chi connectivity index (χ0n) is 8.30. The van der Waals surface area contributed by atoms with Crippen LogP contribution in [0.1, 0.15) is 5.56 Å². The van der Waals surface area contributed by atoms with Crippen molar-refractivity contribution in [3.63, 3.8) is 0 Å². The highest BCUT2D eigenvalue weighted by Crippen LogP contribution is 2.28. The topological polar surface area (TPSA) is 0 Å². The van der Waals surface area contributed by atoms with Crippen molar-refractivity contribution in [3.8, 4) is 11.1 Å². The lowest BCUT2D eigenvalue weighted by atomic mass is 10.0. The molecule has 0 aromatic heterocycles. The zero-order valence-corrected chi connectivity index (χ0v) is 9.05. The van der Waals surface area contributed by atoms with Crippen molar-refractivity contribution in [2.24, 2.45) is 0 Å². The van der Waals surface area contributed by atoms with Gasteiger partial charge in [-0.05, 0) is 41.8 Å². The van der Waals surface area contributed by atoms with E-state index in [4.69, 9.17) is 11.6 Å². The van der Waals surface area contributed by atoms with E-state index in [9.17, 15) is 4.39 Å². The molecule has 0 N–H and O–H groups in total. The first-order valence-corrected chi connectivity index (χ1v) is 5.07. The molecular weight excluding hydrogens is 211 g/mol. The van der Waals surface area contributed by atoms with Crippen molar-refractivity contribution in [3.05, 3.63) is 58.9 Å². The first kappa shape index (κ1) is 10.2. The van der Waals surface area contributed by atoms with Gasteiger partial charge in [-0.25, -0.2) is 4.39 Å². The van der Waals surface area contributed by atoms with Crippen LogP contribution < -0.4 is 0 Å². The van der Waals surface area contributed by atoms with E-state index in [1.165, 1.54) is 12.1 Å². The van der Waals surface area contributed by atoms with Crippen LogP contribution in [0.4, 0.5) is 4.39 Å². The number of hydrogen-bond donors (Lipinski definition) is 0. The van der Waals surface area contributed by atoms with Crippen LogP contribution in [0, 0.1) is 12.7 Å². The van der Waals surface area contributed by atoms with Gasteiger partial charge in [0, 0.05) is 5.02 Å². The van der Waals surface area contributed by atoms with E-state index in [2.05, 4.69) is 0 Å². The third-order valence-corrected chi connectivity index (χ3v) is 2.81. The third kappa shape index (κ3) is 2.02. The second-order valence-corrected chi connectivity index (χ2v) is 3.83. The Morgan fingerprint density at radius 1 is 1.07 bits per heavy atom. The standard InChI is InChI=1S/C13H10ClF/c1-9-12(6-3-7-13(9)14)10-4-2-5-11(15)8-10/h2-8H,1H3. The zero-order chi connectivity index (χ0) is 10.8. The monoisotopic (exact) mass is 220 g/mol. The molecule has 2 aromatic rings. The molecule has 0 bridgehead atoms. The van der Waals surface area contributed by atoms with Crippen LogP contribution in [-0.2, 0) is 0 Å². The molecule has 0 heterocycles. The molecule has 0 fully saturated rings. The minimum Gasteiger partial charge on any atom is -0.207 e. The van der Waals surface area contributed by atoms with Gasteiger partial charge >= 0.3 is 0 Å². The molecule has 2 rings (SSSR count). The normalized spacial score (nSPS) is 10.3. The van der Waals surface area contributed by atoms with Crippen molar-refractivity contribution in [1.29, 1.82) is 0 Å². The minimum absolute atomic E-state index is 0.230. The molecule has 76 valence electrons. The van der Waals surface area contributed by atoms with Gasteiger partial charge in [0.25, 0.3) is 0 Å². The molecule has 0 amide bonds. The lowest BCUT2D eigenvalue weighted by Gasteiger charge is -2.07. The Labute approximate surface area is 93.3 Å². The molecule has 2 heteroatoms. The van der Waals surface area contributed by atoms with Gasteiger partial charge in [0.1, 0.15) is 5.82 Å². The lowest BCUT2D eigenvalue weighted by molar-refractivity contribution is 0.628. The molecule has 2 aromatic carbocycles. The van der Waals surface area contributed by atoms with Gasteiger partial charge in [-0.3, -0.25) is 0 Å². The molecule has 0 atom stereocenters. The van der Waals surface area contributed by atoms with Gasteiger partial charge in [-0.2, -0.15) is 0 Å². The van der Waals surface area contributed by atoms with E-state index in [0.717, 1.165) is 16.7 Å². The van der Waals surface area contributed by atoms with Gasteiger partial charge < -0.3 is 0 Å². The van der Waals surface area contributed by atoms with Gasteiger partial charge in [0.05, 0.1) is 0 Å². The molecule has 0 spiro atoms. The highest BCUT2D eigenvalue weighted by atomic mass is 35.5. The summed E-state index contributed by atoms with van der Waals surface area (Å²) in [6, 6.07) is 12.2. The van der Waals surface area contributed by atoms with E-state index < -0.39 is 0 Å². The van der Waals surface area contributed by atoms with Crippen molar-refractivity contribution in [2.75, 3.05) is 0 Å². The molecule has 0 unspecified atom stereocenters. The molecule has 0 aliphatic heterocycles. The van der Waals surface area contributed by atoms with Crippen LogP contribution in [0.2, 0.25) is 5.02 Å². The number of benzene rings is 2. The lowest BCUT2D eigenvalue weighted by Crippen LogP contribution is -1.85. The van der Waals surface area contributed by atoms with Crippen LogP contribution >= 0.6 is 11.6 Å². The summed E-state index contributed by atoms with van der Waals surface area (Å²) < 4.78 is 13.1. The number of rotatable bonds is 1. The predicted octanol–water partition coefficient (Wildman–Crippen LogP) is 4.45. The van der Waals surface area contributed by atoms with Crippen LogP contribution in [0.15, 0.2) is 42.5 Å². The van der Waals surface area contributed by atoms with Crippen molar-refractivity contribution < 1.29 is 4.39 Å². The van der Waals surface area contributed by atoms with E-state index in [0.29, 0.717) is 5.02 Å². The molecule has 15 heavy (non-hydrogen) atoms. The first-order chi connectivity index (χ1) is 7.18. The Balaban J connectivity index is 2.59. The summed E-state index contributed by atoms with van der Waals surface area (Å²) in [6.07, 6.45) is 0. The van der Waals surface area contributed by atoms with Crippen molar-refractivity contribution >= 4 is 11.6 Å². The molecule has 0 saturated heterocycles. The highest BCUT2D eigenvalue weighted by molar-refractivity contribution is 6.31. The maximum atomic E-state index is 13.1. The third-order valence-electron chi connectivity index (χ3n) is 2.40. The van der Waals surface area contributed by atoms with Crippen LogP contribution in [0.5, 0.6) is 0 Å². The fourth-order valence-corrected chi connectivity index (χ4v) is 1.75. The fraction of sp³-hybridized carbons (Fsp3) is 0.0769. The van der Waals surface area contributed by atoms with E-state index in [1.807, 2.05) is 31.2 Å². The maximum Gasteiger partial charge on any atom is 0.123 e. The molecule has 0 nitrogen and oxygen atoms in total. The Bertz CT molecular complexity index is 492. The Hall–Kier alpha value is -1.34. The molecule has 0 aliphatic rings. The van der Waals surface area contributed by atoms with Crippen molar-refractivity contribution in [1.82, 2.24) is 0 Å². The van der Waals surface area contributed by atoms with Gasteiger partial charge in [-0.15, -0.1) is 0 Å². The highest BCUT2D eigenvalue weighted by Gasteiger charge is 2.04. The number of hydrogen-bond acceptors (Lipinski definition) is 0. The summed E-state index contributed by atoms with van der Waals surface area (Å²) in [5.74, 6) is -0.230. The summed E-state index contributed by atoms with van der Waals surface area (Å²) in [5.41, 5.74) is 2.81. The van der Waals surface area contributed by atoms with E-state index >= 15 is 0 Å². The summed E-state index contributed by atoms with van der Waals surface area (Å²) in [5, 5.41) is 0.705. The van der Waals surface area contributed by atoms with E-state index in [1.54, 1.807) is 6.07 Å². The second-order valence-electron chi connectivity index (χ2n) is 3.42. The van der Waals surface area contributed by atoms with Gasteiger partial charge in [0.15, 0.2) is 0 Å².